The highest BCUT2D eigenvalue weighted by Gasteiger charge is 2.24. The molecule has 1 rings (SSSR count). The average molecular weight is 284 g/mol. The number of carbonyl (C=O) groups excluding carboxylic acids is 1. The first-order valence-corrected chi connectivity index (χ1v) is 6.95. The zero-order chi connectivity index (χ0) is 14.8. The van der Waals surface area contributed by atoms with Gasteiger partial charge in [-0.15, -0.1) is 0 Å². The van der Waals surface area contributed by atoms with Gasteiger partial charge in [0.1, 0.15) is 4.88 Å². The maximum Gasteiger partial charge on any atom is 0.356 e. The van der Waals surface area contributed by atoms with Crippen molar-refractivity contribution in [3.05, 3.63) is 10.6 Å². The van der Waals surface area contributed by atoms with Crippen molar-refractivity contribution in [3.8, 4) is 0 Å². The van der Waals surface area contributed by atoms with Crippen LogP contribution in [0.5, 0.6) is 0 Å². The molecule has 0 aliphatic rings. The second kappa shape index (κ2) is 5.69. The number of hydrogen-bond acceptors (Lipinski definition) is 5. The first kappa shape index (κ1) is 15.6. The number of carbonyl (C=O) groups is 2. The monoisotopic (exact) mass is 284 g/mol. The molecule has 0 spiro atoms. The average Bonchev–Trinajstić information content (AvgIpc) is 2.70. The van der Waals surface area contributed by atoms with Crippen LogP contribution in [-0.2, 0) is 0 Å². The highest BCUT2D eigenvalue weighted by molar-refractivity contribution is 7.17. The molecule has 6 heteroatoms. The van der Waals surface area contributed by atoms with Gasteiger partial charge in [0.15, 0.2) is 16.6 Å². The van der Waals surface area contributed by atoms with E-state index in [-0.39, 0.29) is 21.8 Å². The molecule has 0 aliphatic carbocycles. The number of nitrogens with one attached hydrogen (secondary N) is 1. The van der Waals surface area contributed by atoms with Gasteiger partial charge in [0.05, 0.1) is 0 Å². The number of rotatable bonds is 6. The van der Waals surface area contributed by atoms with Crippen molar-refractivity contribution in [2.24, 2.45) is 11.3 Å². The van der Waals surface area contributed by atoms with Crippen molar-refractivity contribution >= 4 is 28.2 Å². The maximum absolute atomic E-state index is 11.4. The molecule has 19 heavy (non-hydrogen) atoms. The summed E-state index contributed by atoms with van der Waals surface area (Å²) in [6.45, 7) is 10.5. The number of carboxylic acid groups (broad SMARTS) is 1. The van der Waals surface area contributed by atoms with E-state index in [0.717, 1.165) is 11.3 Å². The van der Waals surface area contributed by atoms with E-state index in [0.29, 0.717) is 17.6 Å². The van der Waals surface area contributed by atoms with Gasteiger partial charge in [-0.1, -0.05) is 39.0 Å². The summed E-state index contributed by atoms with van der Waals surface area (Å²) in [6.07, 6.45) is 0. The van der Waals surface area contributed by atoms with Gasteiger partial charge in [-0.3, -0.25) is 4.79 Å². The highest BCUT2D eigenvalue weighted by Crippen LogP contribution is 2.29. The second-order valence-corrected chi connectivity index (χ2v) is 6.55. The van der Waals surface area contributed by atoms with E-state index in [1.807, 2.05) is 0 Å². The lowest BCUT2D eigenvalue weighted by Gasteiger charge is -2.29. The van der Waals surface area contributed by atoms with E-state index in [4.69, 9.17) is 5.11 Å². The number of Topliss-reactive ketones (excluding diaryl/α,β-unsaturated/α-hetero) is 1. The van der Waals surface area contributed by atoms with Crippen LogP contribution in [0.3, 0.4) is 0 Å². The zero-order valence-corrected chi connectivity index (χ0v) is 12.7. The summed E-state index contributed by atoms with van der Waals surface area (Å²) in [7, 11) is 0. The number of thiazole rings is 1. The smallest absolute Gasteiger partial charge is 0.356 e. The minimum atomic E-state index is -1.17. The standard InChI is InChI=1S/C13H20N2O3S/c1-7(2)13(4,5)6-14-12-15-9(11(17)18)10(19-12)8(3)16/h7H,6H2,1-5H3,(H,14,15)(H,17,18). The zero-order valence-electron chi connectivity index (χ0n) is 11.9. The van der Waals surface area contributed by atoms with Gasteiger partial charge >= 0.3 is 5.97 Å². The Bertz CT molecular complexity index is 461. The van der Waals surface area contributed by atoms with Crippen LogP contribution in [0.2, 0.25) is 0 Å². The molecule has 0 saturated carbocycles. The van der Waals surface area contributed by atoms with E-state index >= 15 is 0 Å². The quantitative estimate of drug-likeness (QED) is 0.784. The van der Waals surface area contributed by atoms with Crippen LogP contribution in [0.1, 0.15) is 54.8 Å². The minimum Gasteiger partial charge on any atom is -0.476 e. The first-order chi connectivity index (χ1) is 8.65. The molecule has 0 aromatic carbocycles. The fourth-order valence-corrected chi connectivity index (χ4v) is 2.13. The summed E-state index contributed by atoms with van der Waals surface area (Å²) in [6, 6.07) is 0. The number of anilines is 1. The lowest BCUT2D eigenvalue weighted by atomic mass is 9.81. The molecule has 0 bridgehead atoms. The Morgan fingerprint density at radius 1 is 1.42 bits per heavy atom. The molecule has 0 unspecified atom stereocenters. The molecular formula is C13H20N2O3S. The Balaban J connectivity index is 2.89. The van der Waals surface area contributed by atoms with Crippen molar-refractivity contribution in [1.82, 2.24) is 4.98 Å². The van der Waals surface area contributed by atoms with E-state index in [9.17, 15) is 9.59 Å². The third-order valence-electron chi connectivity index (χ3n) is 3.41. The summed E-state index contributed by atoms with van der Waals surface area (Å²) in [5.41, 5.74) is -0.104. The van der Waals surface area contributed by atoms with Crippen molar-refractivity contribution in [3.63, 3.8) is 0 Å². The normalized spacial score (nSPS) is 11.7. The van der Waals surface area contributed by atoms with Crippen LogP contribution < -0.4 is 5.32 Å². The summed E-state index contributed by atoms with van der Waals surface area (Å²) in [5.74, 6) is -0.963. The van der Waals surface area contributed by atoms with Crippen molar-refractivity contribution < 1.29 is 14.7 Å². The fraction of sp³-hybridized carbons (Fsp3) is 0.615. The van der Waals surface area contributed by atoms with E-state index in [1.165, 1.54) is 6.92 Å². The molecule has 1 aromatic heterocycles. The third-order valence-corrected chi connectivity index (χ3v) is 4.52. The van der Waals surface area contributed by atoms with Crippen LogP contribution >= 0.6 is 11.3 Å². The first-order valence-electron chi connectivity index (χ1n) is 6.14. The molecule has 0 radical (unpaired) electrons. The molecule has 0 atom stereocenters. The lowest BCUT2D eigenvalue weighted by molar-refractivity contribution is 0.0687. The molecular weight excluding hydrogens is 264 g/mol. The maximum atomic E-state index is 11.4. The Kier molecular flexibility index (Phi) is 4.68. The summed E-state index contributed by atoms with van der Waals surface area (Å²) < 4.78 is 0. The van der Waals surface area contributed by atoms with Gasteiger partial charge in [0.25, 0.3) is 0 Å². The molecule has 0 amide bonds. The van der Waals surface area contributed by atoms with E-state index < -0.39 is 5.97 Å². The number of nitrogens with zero attached hydrogens (tertiary/aromatic N) is 1. The summed E-state index contributed by atoms with van der Waals surface area (Å²) in [4.78, 5) is 26.6. The Morgan fingerprint density at radius 2 is 2.00 bits per heavy atom. The largest absolute Gasteiger partial charge is 0.476 e. The van der Waals surface area contributed by atoms with Crippen molar-refractivity contribution in [2.75, 3.05) is 11.9 Å². The Hall–Kier alpha value is -1.43. The molecule has 2 N–H and O–H groups in total. The Labute approximate surface area is 117 Å². The minimum absolute atomic E-state index is 0.0610. The molecule has 5 nitrogen and oxygen atoms in total. The van der Waals surface area contributed by atoms with Crippen LogP contribution in [0.4, 0.5) is 5.13 Å². The molecule has 1 aromatic rings. The van der Waals surface area contributed by atoms with Gasteiger partial charge in [-0.2, -0.15) is 0 Å². The van der Waals surface area contributed by atoms with E-state index in [2.05, 4.69) is 38.0 Å². The van der Waals surface area contributed by atoms with Crippen LogP contribution in [0.25, 0.3) is 0 Å². The summed E-state index contributed by atoms with van der Waals surface area (Å²) in [5, 5.41) is 12.6. The molecule has 1 heterocycles. The van der Waals surface area contributed by atoms with Gasteiger partial charge in [0.2, 0.25) is 0 Å². The number of ketones is 1. The Morgan fingerprint density at radius 3 is 2.37 bits per heavy atom. The van der Waals surface area contributed by atoms with Gasteiger partial charge in [-0.25, -0.2) is 9.78 Å². The number of aromatic carboxylic acids is 1. The van der Waals surface area contributed by atoms with Crippen LogP contribution in [0, 0.1) is 11.3 Å². The SMILES string of the molecule is CC(=O)c1sc(NCC(C)(C)C(C)C)nc1C(=O)O. The fourth-order valence-electron chi connectivity index (χ4n) is 1.29. The molecule has 106 valence electrons. The highest BCUT2D eigenvalue weighted by atomic mass is 32.1. The van der Waals surface area contributed by atoms with Gasteiger partial charge < -0.3 is 10.4 Å². The topological polar surface area (TPSA) is 79.3 Å². The van der Waals surface area contributed by atoms with Crippen molar-refractivity contribution in [2.45, 2.75) is 34.6 Å². The number of hydrogen-bond donors (Lipinski definition) is 2. The number of aromatic nitrogens is 1. The number of carboxylic acids is 1. The predicted molar refractivity (Wildman–Crippen MR) is 76.2 cm³/mol. The lowest BCUT2D eigenvalue weighted by Crippen LogP contribution is -2.28. The van der Waals surface area contributed by atoms with E-state index in [1.54, 1.807) is 0 Å². The molecule has 0 aliphatic heterocycles. The third kappa shape index (κ3) is 3.76. The van der Waals surface area contributed by atoms with Gasteiger partial charge in [0, 0.05) is 13.5 Å². The molecule has 0 saturated heterocycles. The molecule has 0 fully saturated rings. The second-order valence-electron chi connectivity index (χ2n) is 5.55. The van der Waals surface area contributed by atoms with Gasteiger partial charge in [-0.05, 0) is 11.3 Å². The van der Waals surface area contributed by atoms with Crippen LogP contribution in [0.15, 0.2) is 0 Å². The summed E-state index contributed by atoms with van der Waals surface area (Å²) >= 11 is 1.10. The van der Waals surface area contributed by atoms with Crippen LogP contribution in [-0.4, -0.2) is 28.4 Å². The van der Waals surface area contributed by atoms with Crippen molar-refractivity contribution in [1.29, 1.82) is 0 Å². The predicted octanol–water partition coefficient (Wildman–Crippen LogP) is 3.14.